The number of benzene rings is 1. The molecule has 5 heterocycles. The Morgan fingerprint density at radius 2 is 1.93 bits per heavy atom. The quantitative estimate of drug-likeness (QED) is 0.245. The van der Waals surface area contributed by atoms with Crippen molar-refractivity contribution in [2.24, 2.45) is 13.0 Å². The minimum Gasteiger partial charge on any atom is -0.490 e. The lowest BCUT2D eigenvalue weighted by atomic mass is 9.86. The van der Waals surface area contributed by atoms with Gasteiger partial charge in [-0.3, -0.25) is 0 Å². The highest BCUT2D eigenvalue weighted by molar-refractivity contribution is 7.09. The fourth-order valence-electron chi connectivity index (χ4n) is 6.43. The van der Waals surface area contributed by atoms with Gasteiger partial charge in [0.15, 0.2) is 22.7 Å². The number of rotatable bonds is 6. The van der Waals surface area contributed by atoms with E-state index in [0.717, 1.165) is 60.1 Å². The van der Waals surface area contributed by atoms with Gasteiger partial charge in [0.2, 0.25) is 5.95 Å². The summed E-state index contributed by atoms with van der Waals surface area (Å²) in [5, 5.41) is 11.9. The number of carboxylic acids is 1. The summed E-state index contributed by atoms with van der Waals surface area (Å²) in [5.41, 5.74) is 4.49. The Kier molecular flexibility index (Phi) is 7.90. The molecule has 0 spiro atoms. The smallest absolute Gasteiger partial charge is 0.337 e. The molecule has 0 unspecified atom stereocenters. The van der Waals surface area contributed by atoms with Crippen LogP contribution >= 0.6 is 11.5 Å². The van der Waals surface area contributed by atoms with Gasteiger partial charge in [0.05, 0.1) is 17.9 Å². The van der Waals surface area contributed by atoms with Gasteiger partial charge in [0.1, 0.15) is 5.65 Å². The van der Waals surface area contributed by atoms with Crippen LogP contribution in [-0.2, 0) is 23.0 Å². The highest BCUT2D eigenvalue weighted by atomic mass is 32.1. The van der Waals surface area contributed by atoms with Crippen LogP contribution in [0.15, 0.2) is 12.1 Å². The van der Waals surface area contributed by atoms with Crippen LogP contribution in [0.25, 0.3) is 32.9 Å². The Morgan fingerprint density at radius 3 is 2.61 bits per heavy atom. The molecule has 0 bridgehead atoms. The summed E-state index contributed by atoms with van der Waals surface area (Å²) in [7, 11) is 1.92. The number of aryl methyl sites for hydroxylation is 2. The second-order valence-corrected chi connectivity index (χ2v) is 13.9. The predicted octanol–water partition coefficient (Wildman–Crippen LogP) is 7.02. The Balaban J connectivity index is 1.59. The summed E-state index contributed by atoms with van der Waals surface area (Å²) in [6.45, 7) is 13.8. The number of hydrogen-bond acceptors (Lipinski definition) is 8. The molecule has 1 atom stereocenters. The van der Waals surface area contributed by atoms with Crippen molar-refractivity contribution in [3.8, 4) is 27.6 Å². The summed E-state index contributed by atoms with van der Waals surface area (Å²) >= 11 is 1.33. The fraction of sp³-hybridized carbons (Fsp3) is 0.515. The number of halogens is 1. The van der Waals surface area contributed by atoms with Gasteiger partial charge >= 0.3 is 5.97 Å². The van der Waals surface area contributed by atoms with Crippen LogP contribution < -0.4 is 9.64 Å². The van der Waals surface area contributed by atoms with Crippen molar-refractivity contribution in [1.29, 1.82) is 0 Å². The molecule has 44 heavy (non-hydrogen) atoms. The lowest BCUT2D eigenvalue weighted by molar-refractivity contribution is -0.160. The third-order valence-corrected chi connectivity index (χ3v) is 9.50. The average molecular weight is 622 g/mol. The number of piperidine rings is 1. The van der Waals surface area contributed by atoms with Crippen molar-refractivity contribution in [2.45, 2.75) is 78.9 Å². The number of pyridine rings is 1. The third kappa shape index (κ3) is 5.45. The van der Waals surface area contributed by atoms with Crippen LogP contribution in [0.2, 0.25) is 0 Å². The van der Waals surface area contributed by atoms with Crippen LogP contribution in [0.3, 0.4) is 0 Å². The molecule has 234 valence electrons. The lowest BCUT2D eigenvalue weighted by Crippen LogP contribution is -2.33. The summed E-state index contributed by atoms with van der Waals surface area (Å²) in [5.74, 6) is 0.113. The number of nitrogens with zero attached hydrogens (tertiary/aromatic N) is 5. The van der Waals surface area contributed by atoms with Crippen LogP contribution in [0.1, 0.15) is 75.4 Å². The molecular weight excluding hydrogens is 581 g/mol. The molecule has 0 saturated carbocycles. The van der Waals surface area contributed by atoms with Crippen molar-refractivity contribution >= 4 is 34.5 Å². The first kappa shape index (κ1) is 30.5. The molecule has 0 amide bonds. The largest absolute Gasteiger partial charge is 0.490 e. The van der Waals surface area contributed by atoms with Gasteiger partial charge < -0.3 is 24.0 Å². The number of carbonyl (C=O) groups is 1. The van der Waals surface area contributed by atoms with Crippen molar-refractivity contribution < 1.29 is 23.8 Å². The van der Waals surface area contributed by atoms with Crippen LogP contribution in [0, 0.1) is 25.6 Å². The number of hydrogen-bond donors (Lipinski definition) is 1. The molecule has 0 aliphatic carbocycles. The van der Waals surface area contributed by atoms with Gasteiger partial charge in [0, 0.05) is 47.9 Å². The van der Waals surface area contributed by atoms with Crippen LogP contribution in [0.4, 0.5) is 10.3 Å². The monoisotopic (exact) mass is 621 g/mol. The molecule has 2 aliphatic rings. The van der Waals surface area contributed by atoms with E-state index in [1.54, 1.807) is 6.92 Å². The zero-order valence-electron chi connectivity index (χ0n) is 26.5. The zero-order valence-corrected chi connectivity index (χ0v) is 27.3. The standard InChI is InChI=1S/C33H40FN5O4S/c1-17-10-12-39(13-11-17)32-36-30(44-37-32)24-16-22-26(21-15-23(34)27-20(18(21)2)9-8-14-42-27)25(19(3)35-29(22)38(24)7)28(31(40)41)43-33(4,5)6/h15-17,28H,8-14H2,1-7H3,(H,40,41)/t28-/m0/s1. The minimum atomic E-state index is -1.32. The van der Waals surface area contributed by atoms with E-state index in [9.17, 15) is 9.90 Å². The topological polar surface area (TPSA) is 103 Å². The van der Waals surface area contributed by atoms with Crippen LogP contribution in [-0.4, -0.2) is 55.3 Å². The van der Waals surface area contributed by atoms with Gasteiger partial charge in [-0.2, -0.15) is 9.36 Å². The number of carboxylic acid groups (broad SMARTS) is 1. The summed E-state index contributed by atoms with van der Waals surface area (Å²) < 4.78 is 34.3. The summed E-state index contributed by atoms with van der Waals surface area (Å²) in [6.07, 6.45) is 2.36. The van der Waals surface area contributed by atoms with Gasteiger partial charge in [-0.25, -0.2) is 14.2 Å². The van der Waals surface area contributed by atoms with Gasteiger partial charge in [-0.1, -0.05) is 6.92 Å². The first-order chi connectivity index (χ1) is 20.8. The normalized spacial score (nSPS) is 16.7. The van der Waals surface area contributed by atoms with Crippen molar-refractivity contribution in [3.63, 3.8) is 0 Å². The van der Waals surface area contributed by atoms with E-state index in [-0.39, 0.29) is 5.75 Å². The average Bonchev–Trinajstić information content (AvgIpc) is 3.58. The Bertz CT molecular complexity index is 1750. The Labute approximate surface area is 261 Å². The maximum atomic E-state index is 15.7. The molecule has 1 saturated heterocycles. The molecule has 11 heteroatoms. The van der Waals surface area contributed by atoms with Crippen molar-refractivity contribution in [2.75, 3.05) is 24.6 Å². The highest BCUT2D eigenvalue weighted by Gasteiger charge is 2.35. The van der Waals surface area contributed by atoms with Crippen LogP contribution in [0.5, 0.6) is 5.75 Å². The zero-order chi connectivity index (χ0) is 31.5. The maximum absolute atomic E-state index is 15.7. The van der Waals surface area contributed by atoms with Crippen molar-refractivity contribution in [3.05, 3.63) is 40.3 Å². The van der Waals surface area contributed by atoms with E-state index >= 15 is 4.39 Å². The van der Waals surface area contributed by atoms with Crippen molar-refractivity contribution in [1.82, 2.24) is 18.9 Å². The summed E-state index contributed by atoms with van der Waals surface area (Å²) in [6, 6.07) is 3.45. The SMILES string of the molecule is Cc1nc2c(cc(-c3nc(N4CCC(C)CC4)ns3)n2C)c(-c2cc(F)c3c(c2C)CCCO3)c1[C@H](OC(C)(C)C)C(=O)O. The van der Waals surface area contributed by atoms with Gasteiger partial charge in [-0.15, -0.1) is 0 Å². The lowest BCUT2D eigenvalue weighted by Gasteiger charge is -2.29. The molecule has 9 nitrogen and oxygen atoms in total. The van der Waals surface area contributed by atoms with E-state index in [1.165, 1.54) is 17.6 Å². The second kappa shape index (κ2) is 11.4. The molecule has 0 radical (unpaired) electrons. The minimum absolute atomic E-state index is 0.282. The predicted molar refractivity (Wildman–Crippen MR) is 170 cm³/mol. The molecule has 4 aromatic rings. The third-order valence-electron chi connectivity index (χ3n) is 8.77. The Morgan fingerprint density at radius 1 is 1.20 bits per heavy atom. The first-order valence-electron chi connectivity index (χ1n) is 15.3. The second-order valence-electron chi connectivity index (χ2n) is 13.1. The van der Waals surface area contributed by atoms with Gasteiger partial charge in [0.25, 0.3) is 0 Å². The molecule has 1 N–H and O–H groups in total. The first-order valence-corrected chi connectivity index (χ1v) is 16.1. The molecule has 3 aromatic heterocycles. The van der Waals surface area contributed by atoms with Gasteiger partial charge in [-0.05, 0) is 101 Å². The molecule has 6 rings (SSSR count). The van der Waals surface area contributed by atoms with E-state index in [4.69, 9.17) is 23.8 Å². The highest BCUT2D eigenvalue weighted by Crippen LogP contribution is 2.45. The van der Waals surface area contributed by atoms with E-state index in [0.29, 0.717) is 52.4 Å². The van der Waals surface area contributed by atoms with E-state index < -0.39 is 23.5 Å². The summed E-state index contributed by atoms with van der Waals surface area (Å²) in [4.78, 5) is 24.9. The number of aliphatic carboxylic acids is 1. The Hall–Kier alpha value is -3.57. The van der Waals surface area contributed by atoms with E-state index in [2.05, 4.69) is 11.8 Å². The maximum Gasteiger partial charge on any atom is 0.337 e. The number of anilines is 1. The number of fused-ring (bicyclic) bond motifs is 2. The molecule has 1 aromatic carbocycles. The number of aromatic nitrogens is 4. The molecule has 1 fully saturated rings. The molecular formula is C33H40FN5O4S. The fourth-order valence-corrected chi connectivity index (χ4v) is 7.17. The van der Waals surface area contributed by atoms with E-state index in [1.807, 2.05) is 45.4 Å². The number of ether oxygens (including phenoxy) is 2. The molecule has 2 aliphatic heterocycles.